The van der Waals surface area contributed by atoms with Crippen LogP contribution in [0.3, 0.4) is 0 Å². The van der Waals surface area contributed by atoms with E-state index >= 15 is 0 Å². The third kappa shape index (κ3) is 5.05. The number of anilines is 1. The molecule has 1 aromatic rings. The number of unbranched alkanes of at least 4 members (excludes halogenated alkanes) is 2. The van der Waals surface area contributed by atoms with Gasteiger partial charge in [-0.15, -0.1) is 0 Å². The fraction of sp³-hybridized carbons (Fsp3) is 0.667. The molecule has 112 valence electrons. The van der Waals surface area contributed by atoms with Crippen molar-refractivity contribution in [1.29, 1.82) is 0 Å². The summed E-state index contributed by atoms with van der Waals surface area (Å²) >= 11 is 2.08. The minimum Gasteiger partial charge on any atom is -0.381 e. The van der Waals surface area contributed by atoms with Crippen molar-refractivity contribution in [2.75, 3.05) is 16.8 Å². The first-order valence-electron chi connectivity index (χ1n) is 8.02. The smallest absolute Gasteiger partial charge is 0.0357 e. The lowest BCUT2D eigenvalue weighted by Gasteiger charge is -2.35. The molecule has 2 rings (SSSR count). The maximum atomic E-state index is 3.71. The van der Waals surface area contributed by atoms with E-state index in [0.717, 1.165) is 0 Å². The fourth-order valence-electron chi connectivity index (χ4n) is 2.94. The van der Waals surface area contributed by atoms with Crippen molar-refractivity contribution in [2.24, 2.45) is 5.41 Å². The second kappa shape index (κ2) is 7.40. The quantitative estimate of drug-likeness (QED) is 0.708. The largest absolute Gasteiger partial charge is 0.381 e. The molecule has 0 aliphatic carbocycles. The number of rotatable bonds is 6. The summed E-state index contributed by atoms with van der Waals surface area (Å²) in [7, 11) is 0. The normalized spacial score (nSPS) is 21.6. The number of benzene rings is 1. The molecule has 1 unspecified atom stereocenters. The van der Waals surface area contributed by atoms with E-state index in [2.05, 4.69) is 62.1 Å². The highest BCUT2D eigenvalue weighted by Gasteiger charge is 2.28. The van der Waals surface area contributed by atoms with Crippen molar-refractivity contribution in [1.82, 2.24) is 0 Å². The second-order valence-corrected chi connectivity index (χ2v) is 7.91. The minimum atomic E-state index is 0.473. The summed E-state index contributed by atoms with van der Waals surface area (Å²) in [6.07, 6.45) is 6.46. The topological polar surface area (TPSA) is 12.0 Å². The summed E-state index contributed by atoms with van der Waals surface area (Å²) in [5.74, 6) is 2.53. The monoisotopic (exact) mass is 291 g/mol. The van der Waals surface area contributed by atoms with Gasteiger partial charge in [-0.3, -0.25) is 0 Å². The van der Waals surface area contributed by atoms with E-state index < -0.39 is 0 Å². The Balaban J connectivity index is 1.84. The molecule has 20 heavy (non-hydrogen) atoms. The van der Waals surface area contributed by atoms with Crippen LogP contribution in [0, 0.1) is 5.41 Å². The van der Waals surface area contributed by atoms with E-state index in [9.17, 15) is 0 Å². The molecular weight excluding hydrogens is 262 g/mol. The molecule has 0 saturated carbocycles. The van der Waals surface area contributed by atoms with Crippen LogP contribution in [0.4, 0.5) is 5.69 Å². The van der Waals surface area contributed by atoms with E-state index in [-0.39, 0.29) is 0 Å². The Morgan fingerprint density at radius 3 is 2.60 bits per heavy atom. The molecule has 1 N–H and O–H groups in total. The highest BCUT2D eigenvalue weighted by Crippen LogP contribution is 2.34. The van der Waals surface area contributed by atoms with Crippen LogP contribution in [0.15, 0.2) is 24.3 Å². The maximum Gasteiger partial charge on any atom is 0.0357 e. The molecule has 1 heterocycles. The molecule has 1 saturated heterocycles. The maximum absolute atomic E-state index is 3.71. The van der Waals surface area contributed by atoms with Gasteiger partial charge in [0.1, 0.15) is 0 Å². The molecule has 0 bridgehead atoms. The van der Waals surface area contributed by atoms with Gasteiger partial charge in [0.25, 0.3) is 0 Å². The van der Waals surface area contributed by atoms with Crippen molar-refractivity contribution in [3.05, 3.63) is 29.8 Å². The molecule has 0 spiro atoms. The van der Waals surface area contributed by atoms with Crippen LogP contribution in [0.25, 0.3) is 0 Å². The minimum absolute atomic E-state index is 0.473. The average Bonchev–Trinajstić information content (AvgIpc) is 2.40. The highest BCUT2D eigenvalue weighted by molar-refractivity contribution is 7.99. The van der Waals surface area contributed by atoms with Gasteiger partial charge in [0.2, 0.25) is 0 Å². The molecule has 2 heteroatoms. The predicted molar refractivity (Wildman–Crippen MR) is 92.8 cm³/mol. The first-order chi connectivity index (χ1) is 9.59. The lowest BCUT2D eigenvalue weighted by atomic mass is 9.88. The number of thioether (sulfide) groups is 1. The predicted octanol–water partition coefficient (Wildman–Crippen LogP) is 5.36. The fourth-order valence-corrected chi connectivity index (χ4v) is 4.21. The van der Waals surface area contributed by atoms with Gasteiger partial charge in [0.05, 0.1) is 0 Å². The third-order valence-electron chi connectivity index (χ3n) is 4.00. The first-order valence-corrected chi connectivity index (χ1v) is 9.18. The molecule has 0 radical (unpaired) electrons. The zero-order chi connectivity index (χ0) is 14.4. The van der Waals surface area contributed by atoms with Crippen LogP contribution in [0.5, 0.6) is 0 Å². The standard InChI is InChI=1S/C18H29NS/c1-4-5-6-7-15-8-10-16(11-9-15)19-17-12-18(2,3)14-20-13-17/h8-11,17,19H,4-7,12-14H2,1-3H3. The SMILES string of the molecule is CCCCCc1ccc(NC2CSCC(C)(C)C2)cc1. The van der Waals surface area contributed by atoms with Gasteiger partial charge in [-0.2, -0.15) is 11.8 Å². The number of hydrogen-bond donors (Lipinski definition) is 1. The van der Waals surface area contributed by atoms with Crippen molar-refractivity contribution in [2.45, 2.75) is 58.9 Å². The highest BCUT2D eigenvalue weighted by atomic mass is 32.2. The van der Waals surface area contributed by atoms with Gasteiger partial charge in [0, 0.05) is 17.5 Å². The van der Waals surface area contributed by atoms with Crippen molar-refractivity contribution >= 4 is 17.4 Å². The van der Waals surface area contributed by atoms with Gasteiger partial charge < -0.3 is 5.32 Å². The Kier molecular flexibility index (Phi) is 5.83. The first kappa shape index (κ1) is 15.8. The summed E-state index contributed by atoms with van der Waals surface area (Å²) in [4.78, 5) is 0. The van der Waals surface area contributed by atoms with Crippen LogP contribution >= 0.6 is 11.8 Å². The summed E-state index contributed by atoms with van der Waals surface area (Å²) in [6.45, 7) is 7.02. The lowest BCUT2D eigenvalue weighted by molar-refractivity contribution is 0.358. The summed E-state index contributed by atoms with van der Waals surface area (Å²) in [5.41, 5.74) is 3.23. The van der Waals surface area contributed by atoms with E-state index in [0.29, 0.717) is 11.5 Å². The zero-order valence-electron chi connectivity index (χ0n) is 13.2. The molecular formula is C18H29NS. The van der Waals surface area contributed by atoms with Crippen LogP contribution in [-0.4, -0.2) is 17.5 Å². The van der Waals surface area contributed by atoms with Gasteiger partial charge in [-0.25, -0.2) is 0 Å². The van der Waals surface area contributed by atoms with Crippen LogP contribution in [0.1, 0.15) is 52.0 Å². The molecule has 0 aromatic heterocycles. The average molecular weight is 292 g/mol. The Labute approximate surface area is 128 Å². The summed E-state index contributed by atoms with van der Waals surface area (Å²) in [6, 6.07) is 9.72. The Morgan fingerprint density at radius 1 is 1.20 bits per heavy atom. The molecule has 1 aromatic carbocycles. The van der Waals surface area contributed by atoms with Crippen molar-refractivity contribution in [3.63, 3.8) is 0 Å². The molecule has 1 aliphatic heterocycles. The molecule has 1 aliphatic rings. The zero-order valence-corrected chi connectivity index (χ0v) is 14.1. The van der Waals surface area contributed by atoms with E-state index in [1.165, 1.54) is 54.9 Å². The molecule has 1 nitrogen and oxygen atoms in total. The number of nitrogens with one attached hydrogen (secondary N) is 1. The van der Waals surface area contributed by atoms with E-state index in [1.807, 2.05) is 0 Å². The van der Waals surface area contributed by atoms with Gasteiger partial charge >= 0.3 is 0 Å². The Morgan fingerprint density at radius 2 is 1.95 bits per heavy atom. The number of hydrogen-bond acceptors (Lipinski definition) is 2. The second-order valence-electron chi connectivity index (χ2n) is 6.88. The third-order valence-corrected chi connectivity index (χ3v) is 5.63. The van der Waals surface area contributed by atoms with Gasteiger partial charge in [0.15, 0.2) is 0 Å². The summed E-state index contributed by atoms with van der Waals surface area (Å²) < 4.78 is 0. The van der Waals surface area contributed by atoms with Crippen LogP contribution in [0.2, 0.25) is 0 Å². The number of aryl methyl sites for hydroxylation is 1. The summed E-state index contributed by atoms with van der Waals surface area (Å²) in [5, 5.41) is 3.71. The Hall–Kier alpha value is -0.630. The van der Waals surface area contributed by atoms with Gasteiger partial charge in [-0.1, -0.05) is 45.7 Å². The van der Waals surface area contributed by atoms with Crippen molar-refractivity contribution < 1.29 is 0 Å². The van der Waals surface area contributed by atoms with E-state index in [4.69, 9.17) is 0 Å². The molecule has 1 atom stereocenters. The Bertz CT molecular complexity index is 396. The van der Waals surface area contributed by atoms with Crippen LogP contribution in [-0.2, 0) is 6.42 Å². The van der Waals surface area contributed by atoms with Gasteiger partial charge in [-0.05, 0) is 48.1 Å². The lowest BCUT2D eigenvalue weighted by Crippen LogP contribution is -2.35. The molecule has 0 amide bonds. The van der Waals surface area contributed by atoms with E-state index in [1.54, 1.807) is 0 Å². The van der Waals surface area contributed by atoms with Crippen LogP contribution < -0.4 is 5.32 Å². The van der Waals surface area contributed by atoms with Crippen molar-refractivity contribution in [3.8, 4) is 0 Å². The molecule has 1 fully saturated rings.